The molecule has 3 rings (SSSR count). The molecule has 1 amide bonds. The Morgan fingerprint density at radius 2 is 2.04 bits per heavy atom. The minimum Gasteiger partial charge on any atom is -0.466 e. The number of hydrogen-bond acceptors (Lipinski definition) is 5. The number of fused-ring (bicyclic) bond motifs is 1. The molecule has 142 valence electrons. The molecule has 0 saturated carbocycles. The number of amides is 1. The molecule has 7 heteroatoms. The van der Waals surface area contributed by atoms with E-state index in [4.69, 9.17) is 4.74 Å². The van der Waals surface area contributed by atoms with E-state index in [0.29, 0.717) is 12.3 Å². The van der Waals surface area contributed by atoms with E-state index in [-0.39, 0.29) is 24.3 Å². The molecule has 1 N–H and O–H groups in total. The van der Waals surface area contributed by atoms with E-state index in [1.165, 1.54) is 11.3 Å². The van der Waals surface area contributed by atoms with E-state index >= 15 is 0 Å². The van der Waals surface area contributed by atoms with Gasteiger partial charge in [0.2, 0.25) is 0 Å². The second-order valence-electron chi connectivity index (χ2n) is 6.23. The Balaban J connectivity index is 1.78. The molecule has 3 aromatic rings. The Morgan fingerprint density at radius 3 is 2.74 bits per heavy atom. The number of rotatable bonds is 8. The quantitative estimate of drug-likeness (QED) is 0.597. The Hall–Kier alpha value is -2.67. The summed E-state index contributed by atoms with van der Waals surface area (Å²) in [6.07, 6.45) is 3.64. The third-order valence-electron chi connectivity index (χ3n) is 4.20. The van der Waals surface area contributed by atoms with Crippen LogP contribution in [0.25, 0.3) is 16.2 Å². The molecule has 0 aliphatic rings. The van der Waals surface area contributed by atoms with Crippen LogP contribution >= 0.6 is 11.3 Å². The highest BCUT2D eigenvalue weighted by atomic mass is 32.1. The van der Waals surface area contributed by atoms with Gasteiger partial charge in [-0.1, -0.05) is 43.7 Å². The maximum Gasteiger partial charge on any atom is 0.307 e. The van der Waals surface area contributed by atoms with E-state index in [1.807, 2.05) is 43.5 Å². The molecular weight excluding hydrogens is 362 g/mol. The summed E-state index contributed by atoms with van der Waals surface area (Å²) in [6, 6.07) is 9.61. The van der Waals surface area contributed by atoms with Crippen molar-refractivity contribution in [3.05, 3.63) is 47.6 Å². The van der Waals surface area contributed by atoms with Crippen molar-refractivity contribution < 1.29 is 14.3 Å². The predicted octanol–water partition coefficient (Wildman–Crippen LogP) is 3.91. The molecular formula is C20H23N3O3S. The highest BCUT2D eigenvalue weighted by Gasteiger charge is 2.20. The first-order valence-corrected chi connectivity index (χ1v) is 9.98. The SMILES string of the molecule is CCC[C@H](CC(=O)OCC)NC(=O)c1csc2nc(-c3ccccc3)cn12. The Bertz CT molecular complexity index is 917. The van der Waals surface area contributed by atoms with Crippen molar-refractivity contribution in [1.29, 1.82) is 0 Å². The fraction of sp³-hybridized carbons (Fsp3) is 0.350. The van der Waals surface area contributed by atoms with Gasteiger partial charge in [0, 0.05) is 23.2 Å². The van der Waals surface area contributed by atoms with Gasteiger partial charge in [-0.3, -0.25) is 14.0 Å². The maximum atomic E-state index is 12.8. The van der Waals surface area contributed by atoms with Crippen LogP contribution in [-0.4, -0.2) is 33.9 Å². The van der Waals surface area contributed by atoms with Crippen molar-refractivity contribution in [2.75, 3.05) is 6.61 Å². The molecule has 0 saturated heterocycles. The van der Waals surface area contributed by atoms with Crippen molar-refractivity contribution in [2.24, 2.45) is 0 Å². The van der Waals surface area contributed by atoms with Crippen LogP contribution in [0.3, 0.4) is 0 Å². The molecule has 2 heterocycles. The van der Waals surface area contributed by atoms with E-state index in [9.17, 15) is 9.59 Å². The Labute approximate surface area is 162 Å². The molecule has 0 bridgehead atoms. The number of aromatic nitrogens is 2. The molecule has 1 atom stereocenters. The summed E-state index contributed by atoms with van der Waals surface area (Å²) in [4.78, 5) is 29.9. The van der Waals surface area contributed by atoms with Gasteiger partial charge in [-0.2, -0.15) is 0 Å². The molecule has 0 spiro atoms. The van der Waals surface area contributed by atoms with Gasteiger partial charge in [-0.05, 0) is 13.3 Å². The maximum absolute atomic E-state index is 12.8. The molecule has 0 aliphatic heterocycles. The van der Waals surface area contributed by atoms with Crippen molar-refractivity contribution in [3.63, 3.8) is 0 Å². The first-order valence-electron chi connectivity index (χ1n) is 9.10. The predicted molar refractivity (Wildman–Crippen MR) is 106 cm³/mol. The van der Waals surface area contributed by atoms with Gasteiger partial charge < -0.3 is 10.1 Å². The summed E-state index contributed by atoms with van der Waals surface area (Å²) in [5, 5.41) is 4.76. The molecule has 6 nitrogen and oxygen atoms in total. The number of ether oxygens (including phenoxy) is 1. The lowest BCUT2D eigenvalue weighted by molar-refractivity contribution is -0.143. The summed E-state index contributed by atoms with van der Waals surface area (Å²) in [5.41, 5.74) is 2.36. The smallest absolute Gasteiger partial charge is 0.307 e. The highest BCUT2D eigenvalue weighted by Crippen LogP contribution is 2.23. The van der Waals surface area contributed by atoms with E-state index < -0.39 is 0 Å². The zero-order valence-electron chi connectivity index (χ0n) is 15.5. The van der Waals surface area contributed by atoms with Gasteiger partial charge in [-0.15, -0.1) is 11.3 Å². The first-order chi connectivity index (χ1) is 13.1. The Morgan fingerprint density at radius 1 is 1.26 bits per heavy atom. The molecule has 0 unspecified atom stereocenters. The first kappa shape index (κ1) is 19.1. The van der Waals surface area contributed by atoms with Crippen LogP contribution in [0.15, 0.2) is 41.9 Å². The van der Waals surface area contributed by atoms with Crippen LogP contribution in [0, 0.1) is 0 Å². The summed E-state index contributed by atoms with van der Waals surface area (Å²) in [7, 11) is 0. The number of esters is 1. The average Bonchev–Trinajstić information content (AvgIpc) is 3.23. The zero-order valence-corrected chi connectivity index (χ0v) is 16.3. The largest absolute Gasteiger partial charge is 0.466 e. The molecule has 1 aromatic carbocycles. The van der Waals surface area contributed by atoms with Crippen LogP contribution in [0.1, 0.15) is 43.6 Å². The number of nitrogens with zero attached hydrogens (tertiary/aromatic N) is 2. The molecule has 0 radical (unpaired) electrons. The molecule has 2 aromatic heterocycles. The number of imidazole rings is 1. The van der Waals surface area contributed by atoms with E-state index in [0.717, 1.165) is 29.1 Å². The lowest BCUT2D eigenvalue weighted by Gasteiger charge is -2.17. The van der Waals surface area contributed by atoms with Crippen LogP contribution in [0.2, 0.25) is 0 Å². The van der Waals surface area contributed by atoms with Gasteiger partial charge in [0.05, 0.1) is 18.7 Å². The standard InChI is InChI=1S/C20H23N3O3S/c1-3-8-15(11-18(24)26-4-2)21-19(25)17-13-27-20-22-16(12-23(17)20)14-9-6-5-7-10-14/h5-7,9-10,12-13,15H,3-4,8,11H2,1-2H3,(H,21,25)/t15-/m1/s1. The van der Waals surface area contributed by atoms with Crippen molar-refractivity contribution in [3.8, 4) is 11.3 Å². The number of nitrogens with one attached hydrogen (secondary N) is 1. The summed E-state index contributed by atoms with van der Waals surface area (Å²) >= 11 is 1.42. The van der Waals surface area contributed by atoms with Crippen LogP contribution < -0.4 is 5.32 Å². The zero-order chi connectivity index (χ0) is 19.2. The van der Waals surface area contributed by atoms with Crippen molar-refractivity contribution in [1.82, 2.24) is 14.7 Å². The fourth-order valence-corrected chi connectivity index (χ4v) is 3.80. The number of carbonyl (C=O) groups is 2. The third-order valence-corrected chi connectivity index (χ3v) is 5.04. The topological polar surface area (TPSA) is 72.7 Å². The minimum absolute atomic E-state index is 0.180. The van der Waals surface area contributed by atoms with Gasteiger partial charge in [0.1, 0.15) is 5.69 Å². The van der Waals surface area contributed by atoms with Crippen LogP contribution in [0.5, 0.6) is 0 Å². The summed E-state index contributed by atoms with van der Waals surface area (Å²) in [6.45, 7) is 4.14. The third kappa shape index (κ3) is 4.54. The Kier molecular flexibility index (Phi) is 6.24. The monoisotopic (exact) mass is 385 g/mol. The second-order valence-corrected chi connectivity index (χ2v) is 7.07. The van der Waals surface area contributed by atoms with Crippen LogP contribution in [-0.2, 0) is 9.53 Å². The van der Waals surface area contributed by atoms with Crippen molar-refractivity contribution in [2.45, 2.75) is 39.2 Å². The van der Waals surface area contributed by atoms with Crippen molar-refractivity contribution >= 4 is 28.2 Å². The van der Waals surface area contributed by atoms with Crippen LogP contribution in [0.4, 0.5) is 0 Å². The lowest BCUT2D eigenvalue weighted by atomic mass is 10.1. The molecule has 0 aliphatic carbocycles. The number of thiazole rings is 1. The fourth-order valence-electron chi connectivity index (χ4n) is 2.95. The highest BCUT2D eigenvalue weighted by molar-refractivity contribution is 7.15. The number of carbonyl (C=O) groups excluding carboxylic acids is 2. The van der Waals surface area contributed by atoms with E-state index in [1.54, 1.807) is 16.7 Å². The lowest BCUT2D eigenvalue weighted by Crippen LogP contribution is -2.37. The summed E-state index contributed by atoms with van der Waals surface area (Å²) in [5.74, 6) is -0.498. The summed E-state index contributed by atoms with van der Waals surface area (Å²) < 4.78 is 6.81. The van der Waals surface area contributed by atoms with Gasteiger partial charge in [0.25, 0.3) is 5.91 Å². The van der Waals surface area contributed by atoms with Gasteiger partial charge in [-0.25, -0.2) is 4.98 Å². The number of benzene rings is 1. The average molecular weight is 385 g/mol. The normalized spacial score (nSPS) is 12.1. The second kappa shape index (κ2) is 8.81. The van der Waals surface area contributed by atoms with Gasteiger partial charge >= 0.3 is 5.97 Å². The van der Waals surface area contributed by atoms with E-state index in [2.05, 4.69) is 10.3 Å². The molecule has 27 heavy (non-hydrogen) atoms. The van der Waals surface area contributed by atoms with Gasteiger partial charge in [0.15, 0.2) is 4.96 Å². The minimum atomic E-state index is -0.291. The number of hydrogen-bond donors (Lipinski definition) is 1. The molecule has 0 fully saturated rings.